The first-order valence-electron chi connectivity index (χ1n) is 24.6. The van der Waals surface area contributed by atoms with E-state index >= 15 is 4.39 Å². The molecule has 75 heavy (non-hydrogen) atoms. The van der Waals surface area contributed by atoms with E-state index in [-0.39, 0.29) is 73.7 Å². The number of aldehydes is 1. The second kappa shape index (κ2) is 27.5. The zero-order chi connectivity index (χ0) is 53.1. The van der Waals surface area contributed by atoms with Crippen LogP contribution in [0.2, 0.25) is 0 Å². The van der Waals surface area contributed by atoms with E-state index in [1.165, 1.54) is 37.3 Å². The van der Waals surface area contributed by atoms with Gasteiger partial charge in [0.1, 0.15) is 17.9 Å². The summed E-state index contributed by atoms with van der Waals surface area (Å²) in [6.45, 7) is 3.05. The van der Waals surface area contributed by atoms with Crippen molar-refractivity contribution >= 4 is 76.6 Å². The van der Waals surface area contributed by atoms with Crippen LogP contribution in [-0.4, -0.2) is 124 Å². The van der Waals surface area contributed by atoms with Gasteiger partial charge in [-0.25, -0.2) is 9.37 Å². The van der Waals surface area contributed by atoms with Crippen molar-refractivity contribution in [2.45, 2.75) is 55.9 Å². The molecule has 0 saturated heterocycles. The molecule has 2 aliphatic heterocycles. The molecule has 0 radical (unpaired) electrons. The third-order valence-corrected chi connectivity index (χ3v) is 13.1. The quantitative estimate of drug-likeness (QED) is 0.0125. The molecule has 2 aliphatic rings. The van der Waals surface area contributed by atoms with Gasteiger partial charge in [0.25, 0.3) is 17.7 Å². The normalized spacial score (nSPS) is 13.1. The second-order valence-electron chi connectivity index (χ2n) is 17.5. The van der Waals surface area contributed by atoms with Crippen molar-refractivity contribution in [3.05, 3.63) is 119 Å². The molecule has 0 spiro atoms. The number of carbonyl (C=O) groups excluding carboxylic acids is 7. The molecule has 1 aromatic heterocycles. The highest BCUT2D eigenvalue weighted by Gasteiger charge is 2.41. The lowest BCUT2D eigenvalue weighted by Gasteiger charge is -2.21. The van der Waals surface area contributed by atoms with Crippen molar-refractivity contribution in [3.8, 4) is 22.3 Å². The van der Waals surface area contributed by atoms with Gasteiger partial charge in [-0.2, -0.15) is 0 Å². The molecular weight excluding hydrogens is 986 g/mol. The molecule has 4 aromatic carbocycles. The van der Waals surface area contributed by atoms with Crippen LogP contribution in [0.4, 0.5) is 27.3 Å². The Kier molecular flexibility index (Phi) is 20.2. The van der Waals surface area contributed by atoms with Gasteiger partial charge in [0.15, 0.2) is 0 Å². The molecule has 3 heterocycles. The summed E-state index contributed by atoms with van der Waals surface area (Å²) in [4.78, 5) is 92.8. The van der Waals surface area contributed by atoms with Crippen LogP contribution in [0.5, 0.6) is 0 Å². The van der Waals surface area contributed by atoms with Crippen LogP contribution in [-0.2, 0) is 39.8 Å². The predicted molar refractivity (Wildman–Crippen MR) is 283 cm³/mol. The first kappa shape index (κ1) is 55.0. The number of aromatic nitrogens is 1. The average Bonchev–Trinajstić information content (AvgIpc) is 3.67. The molecule has 19 nitrogen and oxygen atoms in total. The zero-order valence-electron chi connectivity index (χ0n) is 41.5. The number of fused-ring (bicyclic) bond motifs is 2. The first-order chi connectivity index (χ1) is 36.4. The topological polar surface area (TPSA) is 262 Å². The lowest BCUT2D eigenvalue weighted by molar-refractivity contribution is -0.122. The van der Waals surface area contributed by atoms with Crippen LogP contribution in [0, 0.1) is 5.82 Å². The fourth-order valence-corrected chi connectivity index (χ4v) is 9.01. The van der Waals surface area contributed by atoms with E-state index in [0.717, 1.165) is 16.0 Å². The van der Waals surface area contributed by atoms with E-state index in [1.54, 1.807) is 54.6 Å². The minimum Gasteiger partial charge on any atom is -0.383 e. The Bertz CT molecular complexity index is 2890. The van der Waals surface area contributed by atoms with Crippen molar-refractivity contribution in [2.75, 3.05) is 87.4 Å². The standard InChI is InChI=1S/C54H60FN9O10S/c1-57-47(66)16-12-39(33-65)64-53(70)43-8-5-9-46(50(43)54(64)71)58-21-23-73-25-27-74-26-24-72-22-18-48(67)59-19-3-2-10-49(68)62-37-6-4-7-38(30-37)63-75-40-13-15-41(45(55)31-40)36-29-44(51(56)61-32-36)34-11-14-42-35(28-34)17-20-60-52(42)69/h4-9,11,13-15,28-33,39,58,63H,2-3,10,12,16-27H2,1H3,(H2,56,61)(H,57,66)(H,59,67)(H,60,69)(H,62,68). The molecule has 0 fully saturated rings. The Balaban J connectivity index is 0.704. The molecule has 0 aliphatic carbocycles. The van der Waals surface area contributed by atoms with Gasteiger partial charge in [-0.15, -0.1) is 0 Å². The van der Waals surface area contributed by atoms with Gasteiger partial charge in [0.2, 0.25) is 17.7 Å². The number of amides is 6. The molecule has 6 amide bonds. The highest BCUT2D eigenvalue weighted by molar-refractivity contribution is 8.00. The van der Waals surface area contributed by atoms with Crippen molar-refractivity contribution in [3.63, 3.8) is 0 Å². The monoisotopic (exact) mass is 1050 g/mol. The summed E-state index contributed by atoms with van der Waals surface area (Å²) >= 11 is 1.22. The average molecular weight is 1050 g/mol. The number of nitrogens with two attached hydrogens (primary N) is 1. The third-order valence-electron chi connectivity index (χ3n) is 12.3. The van der Waals surface area contributed by atoms with Gasteiger partial charge >= 0.3 is 0 Å². The number of rotatable bonds is 29. The maximum absolute atomic E-state index is 15.6. The van der Waals surface area contributed by atoms with Crippen molar-refractivity contribution in [1.29, 1.82) is 0 Å². The number of imide groups is 1. The number of hydrogen-bond acceptors (Lipinski definition) is 15. The summed E-state index contributed by atoms with van der Waals surface area (Å²) in [5, 5.41) is 14.2. The molecule has 21 heteroatoms. The van der Waals surface area contributed by atoms with E-state index in [1.807, 2.05) is 18.2 Å². The Morgan fingerprint density at radius 1 is 0.773 bits per heavy atom. The van der Waals surface area contributed by atoms with Crippen molar-refractivity contribution in [1.82, 2.24) is 25.8 Å². The van der Waals surface area contributed by atoms with Crippen molar-refractivity contribution < 1.29 is 52.2 Å². The highest BCUT2D eigenvalue weighted by Crippen LogP contribution is 2.35. The summed E-state index contributed by atoms with van der Waals surface area (Å²) in [5.74, 6) is -2.04. The minimum atomic E-state index is -1.06. The van der Waals surface area contributed by atoms with Crippen LogP contribution < -0.4 is 37.0 Å². The number of benzene rings is 4. The molecule has 394 valence electrons. The molecule has 1 atom stereocenters. The van der Waals surface area contributed by atoms with Crippen LogP contribution in [0.25, 0.3) is 22.3 Å². The number of pyridine rings is 1. The maximum atomic E-state index is 15.6. The number of nitrogens with one attached hydrogen (secondary N) is 6. The van der Waals surface area contributed by atoms with Crippen molar-refractivity contribution in [2.24, 2.45) is 0 Å². The smallest absolute Gasteiger partial charge is 0.264 e. The van der Waals surface area contributed by atoms with E-state index in [2.05, 4.69) is 36.3 Å². The van der Waals surface area contributed by atoms with E-state index in [0.29, 0.717) is 122 Å². The fourth-order valence-electron chi connectivity index (χ4n) is 8.35. The molecular formula is C54H60FN9O10S. The summed E-state index contributed by atoms with van der Waals surface area (Å²) in [6, 6.07) is 23.2. The predicted octanol–water partition coefficient (Wildman–Crippen LogP) is 6.01. The SMILES string of the molecule is CNC(=O)CCC(C=O)N1C(=O)c2cccc(NCCOCCOCCOCCC(=O)NCCCCC(=O)Nc3cccc(NSc4ccc(-c5cnc(N)c(-c6ccc7c(c6)CCNC7=O)c5)c(F)c4)c3)c2C1=O. The van der Waals surface area contributed by atoms with Crippen LogP contribution >= 0.6 is 11.9 Å². The summed E-state index contributed by atoms with van der Waals surface area (Å²) in [5.41, 5.74) is 12.3. The lowest BCUT2D eigenvalue weighted by Crippen LogP contribution is -2.41. The molecule has 0 bridgehead atoms. The number of ether oxygens (including phenoxy) is 3. The van der Waals surface area contributed by atoms with E-state index in [9.17, 15) is 33.6 Å². The van der Waals surface area contributed by atoms with E-state index in [4.69, 9.17) is 19.9 Å². The largest absolute Gasteiger partial charge is 0.383 e. The van der Waals surface area contributed by atoms with Crippen LogP contribution in [0.15, 0.2) is 96.0 Å². The van der Waals surface area contributed by atoms with Crippen LogP contribution in [0.3, 0.4) is 0 Å². The third kappa shape index (κ3) is 15.2. The van der Waals surface area contributed by atoms with Gasteiger partial charge < -0.3 is 56.0 Å². The second-order valence-corrected chi connectivity index (χ2v) is 18.3. The van der Waals surface area contributed by atoms with Gasteiger partial charge in [0, 0.05) is 96.4 Å². The number of anilines is 4. The Morgan fingerprint density at radius 2 is 1.53 bits per heavy atom. The molecule has 5 aromatic rings. The number of nitrogens with zero attached hydrogens (tertiary/aromatic N) is 2. The molecule has 7 rings (SSSR count). The number of hydrogen-bond donors (Lipinski definition) is 7. The van der Waals surface area contributed by atoms with Crippen LogP contribution in [0.1, 0.15) is 75.2 Å². The summed E-state index contributed by atoms with van der Waals surface area (Å²) < 4.78 is 35.4. The Labute approximate surface area is 437 Å². The zero-order valence-corrected chi connectivity index (χ0v) is 42.3. The minimum absolute atomic E-state index is 0.00880. The van der Waals surface area contributed by atoms with Gasteiger partial charge in [0.05, 0.1) is 56.8 Å². The Morgan fingerprint density at radius 3 is 2.32 bits per heavy atom. The maximum Gasteiger partial charge on any atom is 0.264 e. The lowest BCUT2D eigenvalue weighted by atomic mass is 9.94. The summed E-state index contributed by atoms with van der Waals surface area (Å²) in [7, 11) is 1.47. The van der Waals surface area contributed by atoms with Gasteiger partial charge in [-0.3, -0.25) is 33.7 Å². The molecule has 8 N–H and O–H groups in total. The highest BCUT2D eigenvalue weighted by atomic mass is 32.2. The number of unbranched alkanes of at least 4 members (excludes halogenated alkanes) is 1. The number of halogens is 1. The summed E-state index contributed by atoms with van der Waals surface area (Å²) in [6.07, 6.45) is 4.40. The van der Waals surface area contributed by atoms with Gasteiger partial charge in [-0.05, 0) is 103 Å². The number of carbonyl (C=O) groups is 7. The fraction of sp³-hybridized carbons (Fsp3) is 0.333. The number of nitrogen functional groups attached to an aromatic ring is 1. The van der Waals surface area contributed by atoms with E-state index < -0.39 is 23.7 Å². The first-order valence-corrected chi connectivity index (χ1v) is 25.5. The molecule has 0 saturated carbocycles. The Hall–Kier alpha value is -7.72. The van der Waals surface area contributed by atoms with Gasteiger partial charge in [-0.1, -0.05) is 30.3 Å². The molecule has 1 unspecified atom stereocenters.